The number of nitrogens with two attached hydrogens (primary N) is 1. The van der Waals surface area contributed by atoms with Crippen molar-refractivity contribution in [2.75, 3.05) is 0 Å². The quantitative estimate of drug-likeness (QED) is 0.717. The molecule has 0 aliphatic heterocycles. The lowest BCUT2D eigenvalue weighted by molar-refractivity contribution is 0.0952. The van der Waals surface area contributed by atoms with Gasteiger partial charge in [-0.05, 0) is 32.6 Å². The maximum atomic E-state index is 9.47. The number of aromatic nitrogens is 2. The fourth-order valence-electron chi connectivity index (χ4n) is 2.25. The van der Waals surface area contributed by atoms with Gasteiger partial charge in [0.05, 0.1) is 23.0 Å². The Labute approximate surface area is 89.6 Å². The first-order valence-electron chi connectivity index (χ1n) is 5.37. The fraction of sp³-hybridized carbons (Fsp3) is 0.636. The smallest absolute Gasteiger partial charge is 0.0814 e. The number of nitrogens with zero attached hydrogens (tertiary/aromatic N) is 2. The van der Waals surface area contributed by atoms with Crippen LogP contribution in [0.3, 0.4) is 0 Å². The van der Waals surface area contributed by atoms with E-state index in [1.54, 1.807) is 12.4 Å². The highest BCUT2D eigenvalue weighted by Gasteiger charge is 2.35. The molecule has 0 bridgehead atoms. The Kier molecular flexibility index (Phi) is 2.71. The molecule has 1 heterocycles. The molecular formula is C11H17N3O. The van der Waals surface area contributed by atoms with Gasteiger partial charge in [-0.15, -0.1) is 0 Å². The van der Waals surface area contributed by atoms with Gasteiger partial charge in [-0.1, -0.05) is 0 Å². The van der Waals surface area contributed by atoms with Crippen LogP contribution in [0.4, 0.5) is 0 Å². The van der Waals surface area contributed by atoms with Crippen LogP contribution in [-0.2, 0) is 5.54 Å². The molecule has 0 aromatic carbocycles. The molecule has 4 nitrogen and oxygen atoms in total. The zero-order chi connectivity index (χ0) is 10.9. The minimum atomic E-state index is -0.391. The predicted octanol–water partition coefficient (Wildman–Crippen LogP) is 0.874. The molecule has 0 atom stereocenters. The van der Waals surface area contributed by atoms with E-state index >= 15 is 0 Å². The molecule has 15 heavy (non-hydrogen) atoms. The molecule has 1 aromatic heterocycles. The molecule has 2 rings (SSSR count). The maximum Gasteiger partial charge on any atom is 0.0814 e. The normalized spacial score (nSPS) is 31.5. The second-order valence-corrected chi connectivity index (χ2v) is 4.38. The van der Waals surface area contributed by atoms with Crippen LogP contribution in [0.5, 0.6) is 0 Å². The van der Waals surface area contributed by atoms with Crippen LogP contribution in [-0.4, -0.2) is 21.2 Å². The van der Waals surface area contributed by atoms with Gasteiger partial charge in [-0.3, -0.25) is 9.97 Å². The second kappa shape index (κ2) is 3.87. The first kappa shape index (κ1) is 10.5. The molecule has 1 aromatic rings. The van der Waals surface area contributed by atoms with E-state index in [0.29, 0.717) is 0 Å². The Balaban J connectivity index is 2.26. The van der Waals surface area contributed by atoms with E-state index in [1.807, 2.05) is 6.92 Å². The topological polar surface area (TPSA) is 72.0 Å². The Morgan fingerprint density at radius 3 is 2.53 bits per heavy atom. The molecule has 3 N–H and O–H groups in total. The first-order valence-corrected chi connectivity index (χ1v) is 5.37. The summed E-state index contributed by atoms with van der Waals surface area (Å²) >= 11 is 0. The minimum absolute atomic E-state index is 0.196. The van der Waals surface area contributed by atoms with Crippen molar-refractivity contribution in [1.29, 1.82) is 0 Å². The SMILES string of the molecule is Cc1nccnc1C1(N)CCC(O)CC1. The highest BCUT2D eigenvalue weighted by molar-refractivity contribution is 5.20. The molecule has 0 spiro atoms. The molecule has 0 radical (unpaired) electrons. The monoisotopic (exact) mass is 207 g/mol. The average Bonchev–Trinajstić information content (AvgIpc) is 2.23. The first-order chi connectivity index (χ1) is 7.12. The van der Waals surface area contributed by atoms with E-state index in [1.165, 1.54) is 0 Å². The van der Waals surface area contributed by atoms with Gasteiger partial charge in [-0.25, -0.2) is 0 Å². The third-order valence-corrected chi connectivity index (χ3v) is 3.20. The third-order valence-electron chi connectivity index (χ3n) is 3.20. The molecule has 1 fully saturated rings. The van der Waals surface area contributed by atoms with Gasteiger partial charge in [0, 0.05) is 12.4 Å². The van der Waals surface area contributed by atoms with Gasteiger partial charge in [0.15, 0.2) is 0 Å². The average molecular weight is 207 g/mol. The number of aliphatic hydroxyl groups excluding tert-OH is 1. The Morgan fingerprint density at radius 1 is 1.33 bits per heavy atom. The Bertz CT molecular complexity index is 345. The molecule has 4 heteroatoms. The number of aliphatic hydroxyl groups is 1. The van der Waals surface area contributed by atoms with E-state index in [-0.39, 0.29) is 6.10 Å². The highest BCUT2D eigenvalue weighted by atomic mass is 16.3. The summed E-state index contributed by atoms with van der Waals surface area (Å²) in [4.78, 5) is 8.54. The van der Waals surface area contributed by atoms with Crippen LogP contribution in [0.1, 0.15) is 37.1 Å². The summed E-state index contributed by atoms with van der Waals surface area (Å²) in [6.45, 7) is 1.93. The van der Waals surface area contributed by atoms with Gasteiger partial charge >= 0.3 is 0 Å². The van der Waals surface area contributed by atoms with Crippen molar-refractivity contribution in [2.45, 2.75) is 44.2 Å². The molecule has 1 aliphatic carbocycles. The summed E-state index contributed by atoms with van der Waals surface area (Å²) in [6, 6.07) is 0. The second-order valence-electron chi connectivity index (χ2n) is 4.38. The van der Waals surface area contributed by atoms with E-state index in [4.69, 9.17) is 5.73 Å². The standard InChI is InChI=1S/C11H17N3O/c1-8-10(14-7-6-13-8)11(12)4-2-9(15)3-5-11/h6-7,9,15H,2-5,12H2,1H3. The molecule has 1 aliphatic rings. The summed E-state index contributed by atoms with van der Waals surface area (Å²) in [5.74, 6) is 0. The largest absolute Gasteiger partial charge is 0.393 e. The maximum absolute atomic E-state index is 9.47. The minimum Gasteiger partial charge on any atom is -0.393 e. The molecule has 1 saturated carbocycles. The lowest BCUT2D eigenvalue weighted by Gasteiger charge is -2.35. The molecule has 82 valence electrons. The van der Waals surface area contributed by atoms with Crippen LogP contribution in [0, 0.1) is 6.92 Å². The Hall–Kier alpha value is -1.00. The molecule has 0 unspecified atom stereocenters. The molecule has 0 saturated heterocycles. The zero-order valence-electron chi connectivity index (χ0n) is 8.98. The van der Waals surface area contributed by atoms with Crippen molar-refractivity contribution in [3.63, 3.8) is 0 Å². The number of hydrogen-bond donors (Lipinski definition) is 2. The summed E-state index contributed by atoms with van der Waals surface area (Å²) in [7, 11) is 0. The number of aryl methyl sites for hydroxylation is 1. The van der Waals surface area contributed by atoms with Crippen LogP contribution in [0.25, 0.3) is 0 Å². The molecular weight excluding hydrogens is 190 g/mol. The highest BCUT2D eigenvalue weighted by Crippen LogP contribution is 2.34. The van der Waals surface area contributed by atoms with E-state index in [2.05, 4.69) is 9.97 Å². The summed E-state index contributed by atoms with van der Waals surface area (Å²) in [6.07, 6.45) is 6.25. The van der Waals surface area contributed by atoms with E-state index < -0.39 is 5.54 Å². The summed E-state index contributed by atoms with van der Waals surface area (Å²) in [5.41, 5.74) is 7.72. The van der Waals surface area contributed by atoms with Crippen LogP contribution in [0.2, 0.25) is 0 Å². The van der Waals surface area contributed by atoms with Crippen molar-refractivity contribution in [3.05, 3.63) is 23.8 Å². The van der Waals surface area contributed by atoms with Crippen LogP contribution < -0.4 is 5.73 Å². The van der Waals surface area contributed by atoms with Crippen molar-refractivity contribution in [3.8, 4) is 0 Å². The fourth-order valence-corrected chi connectivity index (χ4v) is 2.25. The molecule has 0 amide bonds. The third kappa shape index (κ3) is 2.01. The van der Waals surface area contributed by atoms with Crippen molar-refractivity contribution in [1.82, 2.24) is 9.97 Å². The van der Waals surface area contributed by atoms with Crippen molar-refractivity contribution in [2.24, 2.45) is 5.73 Å². The van der Waals surface area contributed by atoms with Crippen molar-refractivity contribution < 1.29 is 5.11 Å². The van der Waals surface area contributed by atoms with Crippen molar-refractivity contribution >= 4 is 0 Å². The van der Waals surface area contributed by atoms with Crippen LogP contribution >= 0.6 is 0 Å². The summed E-state index contributed by atoms with van der Waals surface area (Å²) in [5, 5.41) is 9.47. The van der Waals surface area contributed by atoms with Gasteiger partial charge in [0.2, 0.25) is 0 Å². The predicted molar refractivity (Wildman–Crippen MR) is 57.1 cm³/mol. The number of hydrogen-bond acceptors (Lipinski definition) is 4. The van der Waals surface area contributed by atoms with Crippen LogP contribution in [0.15, 0.2) is 12.4 Å². The van der Waals surface area contributed by atoms with Gasteiger partial charge in [-0.2, -0.15) is 0 Å². The van der Waals surface area contributed by atoms with E-state index in [0.717, 1.165) is 37.1 Å². The summed E-state index contributed by atoms with van der Waals surface area (Å²) < 4.78 is 0. The lowest BCUT2D eigenvalue weighted by Crippen LogP contribution is -2.43. The van der Waals surface area contributed by atoms with Gasteiger partial charge < -0.3 is 10.8 Å². The zero-order valence-corrected chi connectivity index (χ0v) is 8.98. The Morgan fingerprint density at radius 2 is 1.93 bits per heavy atom. The lowest BCUT2D eigenvalue weighted by atomic mass is 9.78. The van der Waals surface area contributed by atoms with Gasteiger partial charge in [0.25, 0.3) is 0 Å². The van der Waals surface area contributed by atoms with E-state index in [9.17, 15) is 5.11 Å². The van der Waals surface area contributed by atoms with Gasteiger partial charge in [0.1, 0.15) is 0 Å². The number of rotatable bonds is 1.